The Morgan fingerprint density at radius 3 is 2.54 bits per heavy atom. The van der Waals surface area contributed by atoms with Crippen molar-refractivity contribution < 1.29 is 4.42 Å². The maximum absolute atomic E-state index is 5.42. The summed E-state index contributed by atoms with van der Waals surface area (Å²) in [5, 5.41) is 16.4. The van der Waals surface area contributed by atoms with E-state index < -0.39 is 0 Å². The van der Waals surface area contributed by atoms with Crippen LogP contribution in [0.4, 0.5) is 0 Å². The molecule has 6 heteroatoms. The van der Waals surface area contributed by atoms with Gasteiger partial charge >= 0.3 is 0 Å². The number of fused-ring (bicyclic) bond motifs is 1. The van der Waals surface area contributed by atoms with Gasteiger partial charge in [-0.25, -0.2) is 4.98 Å². The van der Waals surface area contributed by atoms with Gasteiger partial charge < -0.3 is 4.42 Å². The van der Waals surface area contributed by atoms with Crippen LogP contribution in [0.25, 0.3) is 17.5 Å². The number of oxazole rings is 1. The minimum Gasteiger partial charge on any atom is -0.442 e. The first kappa shape index (κ1) is 13.9. The maximum Gasteiger partial charge on any atom is 0.181 e. The van der Waals surface area contributed by atoms with Crippen LogP contribution in [0, 0.1) is 0 Å². The van der Waals surface area contributed by atoms with Gasteiger partial charge in [-0.1, -0.05) is 12.2 Å². The van der Waals surface area contributed by atoms with E-state index in [2.05, 4.69) is 61.0 Å². The van der Waals surface area contributed by atoms with Gasteiger partial charge in [-0.05, 0) is 44.8 Å². The molecule has 0 aliphatic heterocycles. The second kappa shape index (κ2) is 5.29. The number of hydrogen-bond donors (Lipinski definition) is 1. The molecule has 0 fully saturated rings. The van der Waals surface area contributed by atoms with E-state index in [1.54, 1.807) is 28.9 Å². The molecule has 0 amide bonds. The molecular formula is C18H13N3OS2. The summed E-state index contributed by atoms with van der Waals surface area (Å²) in [7, 11) is 0. The molecular weight excluding hydrogens is 338 g/mol. The Morgan fingerprint density at radius 2 is 1.92 bits per heavy atom. The molecule has 0 atom stereocenters. The fourth-order valence-electron chi connectivity index (χ4n) is 3.38. The topological polar surface area (TPSA) is 54.7 Å². The van der Waals surface area contributed by atoms with E-state index in [-0.39, 0.29) is 5.41 Å². The fraction of sp³-hybridized carbons (Fsp3) is 0.111. The van der Waals surface area contributed by atoms with Gasteiger partial charge in [0.05, 0.1) is 6.20 Å². The summed E-state index contributed by atoms with van der Waals surface area (Å²) >= 11 is 3.47. The highest BCUT2D eigenvalue weighted by Crippen LogP contribution is 2.44. The number of thiophene rings is 2. The highest BCUT2D eigenvalue weighted by molar-refractivity contribution is 7.08. The van der Waals surface area contributed by atoms with E-state index in [4.69, 9.17) is 4.42 Å². The summed E-state index contributed by atoms with van der Waals surface area (Å²) in [5.74, 6) is 0.690. The lowest BCUT2D eigenvalue weighted by Gasteiger charge is -2.32. The Kier molecular flexibility index (Phi) is 3.08. The van der Waals surface area contributed by atoms with Gasteiger partial charge in [0.2, 0.25) is 0 Å². The number of nitrogens with zero attached hydrogens (tertiary/aromatic N) is 2. The number of allylic oxidation sites excluding steroid dienone is 1. The Labute approximate surface area is 146 Å². The van der Waals surface area contributed by atoms with Crippen molar-refractivity contribution in [1.82, 2.24) is 15.2 Å². The standard InChI is InChI=1S/C18H13N3OS2/c1-4-18(12-2-5-23-9-12,13-3-6-24-10-13)7-15-14(1)17(21-20-15)16-8-19-11-22-16/h1-6,8-11H,7H2,(H,20,21). The lowest BCUT2D eigenvalue weighted by atomic mass is 9.70. The third-order valence-corrected chi connectivity index (χ3v) is 5.98. The Bertz CT molecular complexity index is 945. The zero-order chi connectivity index (χ0) is 16.0. The number of aromatic amines is 1. The van der Waals surface area contributed by atoms with Crippen LogP contribution in [-0.4, -0.2) is 15.2 Å². The molecule has 0 aromatic carbocycles. The third-order valence-electron chi connectivity index (χ3n) is 4.61. The van der Waals surface area contributed by atoms with Gasteiger partial charge in [-0.2, -0.15) is 27.8 Å². The zero-order valence-corrected chi connectivity index (χ0v) is 14.2. The Morgan fingerprint density at radius 1 is 1.12 bits per heavy atom. The average Bonchev–Trinajstić information content (AvgIpc) is 3.43. The van der Waals surface area contributed by atoms with Crippen molar-refractivity contribution in [1.29, 1.82) is 0 Å². The summed E-state index contributed by atoms with van der Waals surface area (Å²) in [6.45, 7) is 0. The van der Waals surface area contributed by atoms with E-state index >= 15 is 0 Å². The van der Waals surface area contributed by atoms with Crippen LogP contribution < -0.4 is 0 Å². The van der Waals surface area contributed by atoms with Crippen LogP contribution in [0.2, 0.25) is 0 Å². The molecule has 0 radical (unpaired) electrons. The van der Waals surface area contributed by atoms with Crippen molar-refractivity contribution >= 4 is 28.7 Å². The quantitative estimate of drug-likeness (QED) is 0.580. The van der Waals surface area contributed by atoms with Crippen LogP contribution >= 0.6 is 22.7 Å². The number of H-pyrrole nitrogens is 1. The largest absolute Gasteiger partial charge is 0.442 e. The van der Waals surface area contributed by atoms with Gasteiger partial charge in [-0.15, -0.1) is 0 Å². The average molecular weight is 351 g/mol. The molecule has 0 unspecified atom stereocenters. The predicted molar refractivity (Wildman–Crippen MR) is 96.2 cm³/mol. The number of rotatable bonds is 3. The van der Waals surface area contributed by atoms with Gasteiger partial charge in [0.1, 0.15) is 5.69 Å². The number of aromatic nitrogens is 3. The smallest absolute Gasteiger partial charge is 0.181 e. The van der Waals surface area contributed by atoms with E-state index in [0.717, 1.165) is 23.4 Å². The van der Waals surface area contributed by atoms with Crippen molar-refractivity contribution in [2.24, 2.45) is 0 Å². The van der Waals surface area contributed by atoms with Crippen LogP contribution in [0.1, 0.15) is 22.4 Å². The molecule has 1 N–H and O–H groups in total. The molecule has 4 aromatic heterocycles. The van der Waals surface area contributed by atoms with Crippen molar-refractivity contribution in [3.05, 3.63) is 74.7 Å². The van der Waals surface area contributed by atoms with Crippen molar-refractivity contribution in [3.63, 3.8) is 0 Å². The zero-order valence-electron chi connectivity index (χ0n) is 12.6. The Balaban J connectivity index is 1.66. The van der Waals surface area contributed by atoms with Crippen molar-refractivity contribution in [3.8, 4) is 11.5 Å². The minimum absolute atomic E-state index is 0.141. The minimum atomic E-state index is -0.141. The first-order valence-electron chi connectivity index (χ1n) is 7.57. The van der Waals surface area contributed by atoms with Crippen LogP contribution in [0.3, 0.4) is 0 Å². The highest BCUT2D eigenvalue weighted by atomic mass is 32.1. The number of nitrogens with one attached hydrogen (secondary N) is 1. The lowest BCUT2D eigenvalue weighted by molar-refractivity contribution is 0.569. The molecule has 0 spiro atoms. The normalized spacial score (nSPS) is 15.5. The predicted octanol–water partition coefficient (Wildman–Crippen LogP) is 4.74. The van der Waals surface area contributed by atoms with Crippen LogP contribution in [-0.2, 0) is 11.8 Å². The van der Waals surface area contributed by atoms with E-state index in [9.17, 15) is 0 Å². The Hall–Kier alpha value is -2.44. The summed E-state index contributed by atoms with van der Waals surface area (Å²) in [4.78, 5) is 4.00. The van der Waals surface area contributed by atoms with E-state index in [1.807, 2.05) is 0 Å². The maximum atomic E-state index is 5.42. The van der Waals surface area contributed by atoms with E-state index in [0.29, 0.717) is 5.76 Å². The van der Waals surface area contributed by atoms with Crippen LogP contribution in [0.15, 0.2) is 56.7 Å². The summed E-state index contributed by atoms with van der Waals surface area (Å²) in [6.07, 6.45) is 8.45. The van der Waals surface area contributed by atoms with Gasteiger partial charge in [0, 0.05) is 23.1 Å². The van der Waals surface area contributed by atoms with Gasteiger partial charge in [-0.3, -0.25) is 5.10 Å². The first-order valence-corrected chi connectivity index (χ1v) is 9.46. The SMILES string of the molecule is C1=CC(c2ccsc2)(c2ccsc2)Cc2[nH]nc(-c3cnco3)c21. The molecule has 4 nitrogen and oxygen atoms in total. The molecule has 24 heavy (non-hydrogen) atoms. The first-order chi connectivity index (χ1) is 11.9. The molecule has 1 aliphatic carbocycles. The molecule has 0 saturated heterocycles. The van der Waals surface area contributed by atoms with Gasteiger partial charge in [0.15, 0.2) is 12.2 Å². The van der Waals surface area contributed by atoms with Crippen molar-refractivity contribution in [2.45, 2.75) is 11.8 Å². The fourth-order valence-corrected chi connectivity index (χ4v) is 4.86. The molecule has 118 valence electrons. The monoisotopic (exact) mass is 351 g/mol. The number of hydrogen-bond acceptors (Lipinski definition) is 5. The lowest BCUT2D eigenvalue weighted by Crippen LogP contribution is -2.29. The molecule has 4 heterocycles. The second-order valence-corrected chi connectivity index (χ2v) is 7.40. The molecule has 4 aromatic rings. The van der Waals surface area contributed by atoms with Gasteiger partial charge in [0.25, 0.3) is 0 Å². The van der Waals surface area contributed by atoms with E-state index in [1.165, 1.54) is 17.5 Å². The summed E-state index contributed by atoms with van der Waals surface area (Å²) in [5.41, 5.74) is 5.54. The van der Waals surface area contributed by atoms with Crippen LogP contribution in [0.5, 0.6) is 0 Å². The summed E-state index contributed by atoms with van der Waals surface area (Å²) in [6, 6.07) is 4.43. The molecule has 0 bridgehead atoms. The molecule has 1 aliphatic rings. The summed E-state index contributed by atoms with van der Waals surface area (Å²) < 4.78 is 5.42. The second-order valence-electron chi connectivity index (χ2n) is 5.84. The van der Waals surface area contributed by atoms with Crippen molar-refractivity contribution in [2.75, 3.05) is 0 Å². The third kappa shape index (κ3) is 1.96. The molecule has 0 saturated carbocycles. The molecule has 5 rings (SSSR count). The highest BCUT2D eigenvalue weighted by Gasteiger charge is 2.37.